The fourth-order valence-electron chi connectivity index (χ4n) is 3.35. The van der Waals surface area contributed by atoms with Gasteiger partial charge in [0.05, 0.1) is 12.8 Å². The van der Waals surface area contributed by atoms with Gasteiger partial charge in [0, 0.05) is 6.07 Å². The summed E-state index contributed by atoms with van der Waals surface area (Å²) < 4.78 is 18.4. The smallest absolute Gasteiger partial charge is 0.213 e. The molecule has 1 aromatic heterocycles. The molecule has 1 heterocycles. The molecule has 2 unspecified atom stereocenters. The van der Waals surface area contributed by atoms with Crippen molar-refractivity contribution in [1.29, 1.82) is 0 Å². The van der Waals surface area contributed by atoms with E-state index < -0.39 is 0 Å². The Kier molecular flexibility index (Phi) is 3.00. The molecule has 3 heteroatoms. The third-order valence-electron chi connectivity index (χ3n) is 4.34. The summed E-state index contributed by atoms with van der Waals surface area (Å²) in [4.78, 5) is 3.93. The number of halogens is 1. The van der Waals surface area contributed by atoms with Gasteiger partial charge in [0.25, 0.3) is 0 Å². The zero-order chi connectivity index (χ0) is 11.7. The molecule has 2 aliphatic carbocycles. The summed E-state index contributed by atoms with van der Waals surface area (Å²) in [6.07, 6.45) is 8.04. The molecule has 0 amide bonds. The Hall–Kier alpha value is -1.12. The molecule has 0 N–H and O–H groups in total. The van der Waals surface area contributed by atoms with Gasteiger partial charge in [0.2, 0.25) is 5.88 Å². The van der Waals surface area contributed by atoms with E-state index in [2.05, 4.69) is 4.98 Å². The zero-order valence-electron chi connectivity index (χ0n) is 9.94. The largest absolute Gasteiger partial charge is 0.477 e. The lowest BCUT2D eigenvalue weighted by Gasteiger charge is -2.28. The molecular formula is C14H18FNO. The van der Waals surface area contributed by atoms with Gasteiger partial charge in [-0.3, -0.25) is 0 Å². The molecule has 2 fully saturated rings. The van der Waals surface area contributed by atoms with Crippen LogP contribution in [0.4, 0.5) is 4.39 Å². The highest BCUT2D eigenvalue weighted by Crippen LogP contribution is 2.45. The number of hydrogen-bond donors (Lipinski definition) is 0. The van der Waals surface area contributed by atoms with Crippen LogP contribution in [0.3, 0.4) is 0 Å². The quantitative estimate of drug-likeness (QED) is 0.800. The van der Waals surface area contributed by atoms with Gasteiger partial charge in [0.1, 0.15) is 5.82 Å². The van der Waals surface area contributed by atoms with E-state index in [9.17, 15) is 4.39 Å². The van der Waals surface area contributed by atoms with Crippen molar-refractivity contribution in [2.75, 3.05) is 6.61 Å². The first-order valence-electron chi connectivity index (χ1n) is 6.55. The van der Waals surface area contributed by atoms with Gasteiger partial charge >= 0.3 is 0 Å². The zero-order valence-corrected chi connectivity index (χ0v) is 9.94. The number of aromatic nitrogens is 1. The molecule has 0 saturated heterocycles. The highest BCUT2D eigenvalue weighted by Gasteiger charge is 2.35. The molecule has 3 rings (SSSR count). The summed E-state index contributed by atoms with van der Waals surface area (Å²) in [7, 11) is 0. The lowest BCUT2D eigenvalue weighted by molar-refractivity contribution is 0.152. The average molecular weight is 235 g/mol. The minimum Gasteiger partial charge on any atom is -0.477 e. The third kappa shape index (κ3) is 2.43. The molecule has 2 saturated carbocycles. The molecule has 92 valence electrons. The predicted molar refractivity (Wildman–Crippen MR) is 63.2 cm³/mol. The minimum absolute atomic E-state index is 0.311. The van der Waals surface area contributed by atoms with Crippen LogP contribution in [-0.2, 0) is 0 Å². The molecule has 2 bridgehead atoms. The van der Waals surface area contributed by atoms with E-state index in [0.29, 0.717) is 11.8 Å². The van der Waals surface area contributed by atoms with Gasteiger partial charge in [0.15, 0.2) is 0 Å². The van der Waals surface area contributed by atoms with Crippen LogP contribution < -0.4 is 4.74 Å². The Morgan fingerprint density at radius 3 is 2.94 bits per heavy atom. The van der Waals surface area contributed by atoms with Crippen molar-refractivity contribution in [2.45, 2.75) is 32.1 Å². The van der Waals surface area contributed by atoms with E-state index in [1.165, 1.54) is 44.4 Å². The molecule has 2 aliphatic rings. The number of pyridine rings is 1. The molecule has 0 spiro atoms. The molecular weight excluding hydrogens is 217 g/mol. The van der Waals surface area contributed by atoms with Gasteiger partial charge in [-0.05, 0) is 43.1 Å². The Labute approximate surface area is 101 Å². The summed E-state index contributed by atoms with van der Waals surface area (Å²) in [6.45, 7) is 0.746. The fraction of sp³-hybridized carbons (Fsp3) is 0.643. The number of ether oxygens (including phenoxy) is 1. The standard InChI is InChI=1S/C14H18FNO/c15-13-5-6-14(16-8-13)17-9-12-4-2-10-1-3-11(12)7-10/h5-6,8,10-12H,1-4,7,9H2/t10?,11?,12-/m0/s1. The van der Waals surface area contributed by atoms with Crippen molar-refractivity contribution in [3.8, 4) is 5.88 Å². The van der Waals surface area contributed by atoms with E-state index in [0.717, 1.165) is 18.4 Å². The molecule has 0 aromatic carbocycles. The number of fused-ring (bicyclic) bond motifs is 2. The molecule has 0 aliphatic heterocycles. The first kappa shape index (κ1) is 11.0. The van der Waals surface area contributed by atoms with E-state index in [-0.39, 0.29) is 5.82 Å². The van der Waals surface area contributed by atoms with E-state index in [1.807, 2.05) is 0 Å². The Balaban J connectivity index is 1.55. The SMILES string of the molecule is Fc1ccc(OC[C@@H]2CCC3CCC2C3)nc1. The van der Waals surface area contributed by atoms with Crippen LogP contribution in [0.25, 0.3) is 0 Å². The normalized spacial score (nSPS) is 31.5. The van der Waals surface area contributed by atoms with Crippen molar-refractivity contribution in [3.05, 3.63) is 24.1 Å². The van der Waals surface area contributed by atoms with Crippen LogP contribution in [0, 0.1) is 23.6 Å². The van der Waals surface area contributed by atoms with Crippen LogP contribution in [0.5, 0.6) is 5.88 Å². The second kappa shape index (κ2) is 4.63. The second-order valence-electron chi connectivity index (χ2n) is 5.40. The summed E-state index contributed by atoms with van der Waals surface area (Å²) >= 11 is 0. The minimum atomic E-state index is -0.311. The number of rotatable bonds is 3. The van der Waals surface area contributed by atoms with Gasteiger partial charge in [-0.1, -0.05) is 12.8 Å². The maximum atomic E-state index is 12.7. The Morgan fingerprint density at radius 2 is 2.12 bits per heavy atom. The van der Waals surface area contributed by atoms with Gasteiger partial charge in [-0.2, -0.15) is 0 Å². The predicted octanol–water partition coefficient (Wildman–Crippen LogP) is 3.43. The number of hydrogen-bond acceptors (Lipinski definition) is 2. The molecule has 0 radical (unpaired) electrons. The third-order valence-corrected chi connectivity index (χ3v) is 4.34. The van der Waals surface area contributed by atoms with Crippen LogP contribution in [0.15, 0.2) is 18.3 Å². The van der Waals surface area contributed by atoms with Crippen LogP contribution >= 0.6 is 0 Å². The highest BCUT2D eigenvalue weighted by molar-refractivity contribution is 5.10. The lowest BCUT2D eigenvalue weighted by Crippen LogP contribution is -2.24. The maximum absolute atomic E-state index is 12.7. The van der Waals surface area contributed by atoms with Crippen molar-refractivity contribution < 1.29 is 9.13 Å². The van der Waals surface area contributed by atoms with Crippen LogP contribution in [0.2, 0.25) is 0 Å². The second-order valence-corrected chi connectivity index (χ2v) is 5.40. The maximum Gasteiger partial charge on any atom is 0.213 e. The topological polar surface area (TPSA) is 22.1 Å². The van der Waals surface area contributed by atoms with Crippen molar-refractivity contribution >= 4 is 0 Å². The Bertz CT molecular complexity index is 378. The summed E-state index contributed by atoms with van der Waals surface area (Å²) in [6, 6.07) is 3.00. The first-order chi connectivity index (χ1) is 8.31. The van der Waals surface area contributed by atoms with Crippen molar-refractivity contribution in [3.63, 3.8) is 0 Å². The average Bonchev–Trinajstić information content (AvgIpc) is 2.73. The molecule has 3 atom stereocenters. The fourth-order valence-corrected chi connectivity index (χ4v) is 3.35. The van der Waals surface area contributed by atoms with E-state index in [1.54, 1.807) is 6.07 Å². The Morgan fingerprint density at radius 1 is 1.24 bits per heavy atom. The van der Waals surface area contributed by atoms with Crippen LogP contribution in [-0.4, -0.2) is 11.6 Å². The van der Waals surface area contributed by atoms with E-state index >= 15 is 0 Å². The van der Waals surface area contributed by atoms with E-state index in [4.69, 9.17) is 4.74 Å². The van der Waals surface area contributed by atoms with Crippen LogP contribution in [0.1, 0.15) is 32.1 Å². The summed E-state index contributed by atoms with van der Waals surface area (Å²) in [5.41, 5.74) is 0. The first-order valence-corrected chi connectivity index (χ1v) is 6.55. The molecule has 2 nitrogen and oxygen atoms in total. The van der Waals surface area contributed by atoms with Crippen molar-refractivity contribution in [2.24, 2.45) is 17.8 Å². The monoisotopic (exact) mass is 235 g/mol. The van der Waals surface area contributed by atoms with Gasteiger partial charge in [-0.25, -0.2) is 9.37 Å². The molecule has 1 aromatic rings. The lowest BCUT2D eigenvalue weighted by atomic mass is 9.80. The van der Waals surface area contributed by atoms with Crippen molar-refractivity contribution in [1.82, 2.24) is 4.98 Å². The molecule has 17 heavy (non-hydrogen) atoms. The van der Waals surface area contributed by atoms with Gasteiger partial charge < -0.3 is 4.74 Å². The highest BCUT2D eigenvalue weighted by atomic mass is 19.1. The van der Waals surface area contributed by atoms with Gasteiger partial charge in [-0.15, -0.1) is 0 Å². The summed E-state index contributed by atoms with van der Waals surface area (Å²) in [5, 5.41) is 0. The summed E-state index contributed by atoms with van der Waals surface area (Å²) in [5.74, 6) is 2.76. The number of nitrogens with zero attached hydrogens (tertiary/aromatic N) is 1.